The molecule has 0 saturated carbocycles. The van der Waals surface area contributed by atoms with Crippen LogP contribution in [-0.2, 0) is 6.54 Å². The van der Waals surface area contributed by atoms with Crippen molar-refractivity contribution in [3.63, 3.8) is 0 Å². The number of piperazine rings is 1. The summed E-state index contributed by atoms with van der Waals surface area (Å²) in [4.78, 5) is 17.1. The first-order valence-corrected chi connectivity index (χ1v) is 9.05. The molecule has 5 aliphatic heterocycles. The molecule has 1 aromatic rings. The van der Waals surface area contributed by atoms with Crippen LogP contribution in [0.1, 0.15) is 35.2 Å². The van der Waals surface area contributed by atoms with Crippen molar-refractivity contribution in [1.29, 1.82) is 0 Å². The number of piperidine rings is 2. The van der Waals surface area contributed by atoms with E-state index in [0.717, 1.165) is 50.3 Å². The van der Waals surface area contributed by atoms with E-state index in [4.69, 9.17) is 0 Å². The maximum atomic E-state index is 14.4. The fourth-order valence-electron chi connectivity index (χ4n) is 4.79. The lowest BCUT2D eigenvalue weighted by atomic mass is 9.90. The summed E-state index contributed by atoms with van der Waals surface area (Å²) in [5, 5.41) is 6.88. The number of carbonyl (C=O) groups is 1. The minimum atomic E-state index is -0.370. The fourth-order valence-corrected chi connectivity index (χ4v) is 4.79. The quantitative estimate of drug-likeness (QED) is 0.852. The van der Waals surface area contributed by atoms with Crippen molar-refractivity contribution in [2.24, 2.45) is 0 Å². The molecule has 3 atom stereocenters. The van der Waals surface area contributed by atoms with Gasteiger partial charge in [0.1, 0.15) is 5.82 Å². The van der Waals surface area contributed by atoms with E-state index in [2.05, 4.69) is 15.5 Å². The summed E-state index contributed by atoms with van der Waals surface area (Å²) >= 11 is 0. The maximum Gasteiger partial charge on any atom is 0.257 e. The van der Waals surface area contributed by atoms with Gasteiger partial charge in [-0.05, 0) is 37.9 Å². The van der Waals surface area contributed by atoms with Gasteiger partial charge in [0.2, 0.25) is 0 Å². The summed E-state index contributed by atoms with van der Waals surface area (Å²) in [5.74, 6) is -0.497. The van der Waals surface area contributed by atoms with Gasteiger partial charge >= 0.3 is 0 Å². The van der Waals surface area contributed by atoms with Crippen molar-refractivity contribution in [3.05, 3.63) is 29.1 Å². The Hall–Kier alpha value is -1.66. The van der Waals surface area contributed by atoms with Crippen molar-refractivity contribution in [2.75, 3.05) is 31.1 Å². The highest BCUT2D eigenvalue weighted by Crippen LogP contribution is 2.37. The molecule has 5 aliphatic rings. The molecule has 2 bridgehead atoms. The lowest BCUT2D eigenvalue weighted by Gasteiger charge is -2.49. The number of amides is 1. The fraction of sp³-hybridized carbons (Fsp3) is 0.611. The minimum Gasteiger partial charge on any atom is -0.368 e. The van der Waals surface area contributed by atoms with E-state index in [1.54, 1.807) is 0 Å². The molecule has 6 heteroatoms. The molecule has 6 rings (SSSR count). The first-order chi connectivity index (χ1) is 11.7. The van der Waals surface area contributed by atoms with Crippen molar-refractivity contribution in [3.8, 4) is 0 Å². The van der Waals surface area contributed by atoms with Gasteiger partial charge in [0, 0.05) is 55.6 Å². The molecule has 0 radical (unpaired) electrons. The summed E-state index contributed by atoms with van der Waals surface area (Å²) in [7, 11) is 0. The second kappa shape index (κ2) is 5.43. The van der Waals surface area contributed by atoms with Gasteiger partial charge in [0.25, 0.3) is 5.91 Å². The SMILES string of the molecule is O=C1c2c(F)ccc(N3CC4CC(C3)N4)c2CN1C1CCCNC1. The lowest BCUT2D eigenvalue weighted by molar-refractivity contribution is 0.0671. The zero-order chi connectivity index (χ0) is 16.3. The number of fused-ring (bicyclic) bond motifs is 3. The highest BCUT2D eigenvalue weighted by molar-refractivity contribution is 6.00. The highest BCUT2D eigenvalue weighted by Gasteiger charge is 2.41. The number of carbonyl (C=O) groups excluding carboxylic acids is 1. The van der Waals surface area contributed by atoms with E-state index in [0.29, 0.717) is 24.2 Å². The van der Waals surface area contributed by atoms with Crippen LogP contribution in [0, 0.1) is 5.82 Å². The molecule has 1 amide bonds. The standard InChI is InChI=1S/C18H23FN4O/c19-15-3-4-16(22-8-11-6-12(9-22)21-11)14-10-23(18(24)17(14)15)13-2-1-5-20-7-13/h3-4,11-13,20-21H,1-2,5-10H2. The van der Waals surface area contributed by atoms with Crippen LogP contribution >= 0.6 is 0 Å². The molecule has 5 nitrogen and oxygen atoms in total. The average Bonchev–Trinajstić information content (AvgIpc) is 2.94. The Balaban J connectivity index is 1.47. The Kier molecular flexibility index (Phi) is 3.31. The normalized spacial score (nSPS) is 31.9. The molecule has 24 heavy (non-hydrogen) atoms. The molecule has 0 aliphatic carbocycles. The van der Waals surface area contributed by atoms with Crippen molar-refractivity contribution in [2.45, 2.75) is 43.9 Å². The van der Waals surface area contributed by atoms with Crippen molar-refractivity contribution < 1.29 is 9.18 Å². The van der Waals surface area contributed by atoms with Crippen LogP contribution in [0.4, 0.5) is 10.1 Å². The molecule has 0 aromatic heterocycles. The number of nitrogens with one attached hydrogen (secondary N) is 2. The van der Waals surface area contributed by atoms with Gasteiger partial charge in [-0.1, -0.05) is 0 Å². The second-order valence-electron chi connectivity index (χ2n) is 7.55. The number of rotatable bonds is 2. The first-order valence-electron chi connectivity index (χ1n) is 9.05. The molecule has 5 heterocycles. The third-order valence-electron chi connectivity index (χ3n) is 6.01. The summed E-state index contributed by atoms with van der Waals surface area (Å²) in [6, 6.07) is 4.61. The molecule has 128 valence electrons. The highest BCUT2D eigenvalue weighted by atomic mass is 19.1. The summed E-state index contributed by atoms with van der Waals surface area (Å²) in [6.07, 6.45) is 3.31. The molecule has 4 saturated heterocycles. The molecule has 4 fully saturated rings. The predicted octanol–water partition coefficient (Wildman–Crippen LogP) is 1.08. The van der Waals surface area contributed by atoms with Crippen LogP contribution in [0.25, 0.3) is 0 Å². The van der Waals surface area contributed by atoms with Gasteiger partial charge in [0.05, 0.1) is 5.56 Å². The average molecular weight is 330 g/mol. The summed E-state index contributed by atoms with van der Waals surface area (Å²) in [5.41, 5.74) is 2.26. The predicted molar refractivity (Wildman–Crippen MR) is 89.7 cm³/mol. The Morgan fingerprint density at radius 1 is 1.21 bits per heavy atom. The van der Waals surface area contributed by atoms with Crippen LogP contribution in [0.2, 0.25) is 0 Å². The topological polar surface area (TPSA) is 47.6 Å². The van der Waals surface area contributed by atoms with E-state index < -0.39 is 0 Å². The third-order valence-corrected chi connectivity index (χ3v) is 6.01. The smallest absolute Gasteiger partial charge is 0.257 e. The molecule has 0 spiro atoms. The van der Waals surface area contributed by atoms with Crippen molar-refractivity contribution >= 4 is 11.6 Å². The van der Waals surface area contributed by atoms with Crippen LogP contribution in [-0.4, -0.2) is 55.1 Å². The number of nitrogens with zero attached hydrogens (tertiary/aromatic N) is 2. The van der Waals surface area contributed by atoms with Crippen LogP contribution in [0.15, 0.2) is 12.1 Å². The molecule has 1 aromatic carbocycles. The van der Waals surface area contributed by atoms with Crippen LogP contribution in [0.3, 0.4) is 0 Å². The number of halogens is 1. The van der Waals surface area contributed by atoms with Crippen LogP contribution in [0.5, 0.6) is 0 Å². The Bertz CT molecular complexity index is 672. The van der Waals surface area contributed by atoms with Gasteiger partial charge in [0.15, 0.2) is 0 Å². The summed E-state index contributed by atoms with van der Waals surface area (Å²) in [6.45, 7) is 4.28. The van der Waals surface area contributed by atoms with Gasteiger partial charge < -0.3 is 20.4 Å². The van der Waals surface area contributed by atoms with Gasteiger partial charge in [-0.3, -0.25) is 4.79 Å². The molecular formula is C18H23FN4O. The van der Waals surface area contributed by atoms with Gasteiger partial charge in [-0.15, -0.1) is 0 Å². The summed E-state index contributed by atoms with van der Waals surface area (Å²) < 4.78 is 14.4. The van der Waals surface area contributed by atoms with Crippen LogP contribution < -0.4 is 15.5 Å². The lowest BCUT2D eigenvalue weighted by Crippen LogP contribution is -2.67. The number of benzene rings is 1. The zero-order valence-electron chi connectivity index (χ0n) is 13.7. The van der Waals surface area contributed by atoms with Crippen molar-refractivity contribution in [1.82, 2.24) is 15.5 Å². The molecule has 2 N–H and O–H groups in total. The minimum absolute atomic E-state index is 0.127. The zero-order valence-corrected chi connectivity index (χ0v) is 13.7. The molecule has 3 unspecified atom stereocenters. The Labute approximate surface area is 141 Å². The van der Waals surface area contributed by atoms with Gasteiger partial charge in [-0.2, -0.15) is 0 Å². The van der Waals surface area contributed by atoms with E-state index >= 15 is 0 Å². The largest absolute Gasteiger partial charge is 0.368 e. The number of hydrogen-bond acceptors (Lipinski definition) is 4. The van der Waals surface area contributed by atoms with E-state index in [1.807, 2.05) is 11.0 Å². The first kappa shape index (κ1) is 14.7. The monoisotopic (exact) mass is 330 g/mol. The van der Waals surface area contributed by atoms with E-state index in [9.17, 15) is 9.18 Å². The number of hydrogen-bond donors (Lipinski definition) is 2. The Morgan fingerprint density at radius 2 is 2.00 bits per heavy atom. The second-order valence-corrected chi connectivity index (χ2v) is 7.55. The van der Waals surface area contributed by atoms with Gasteiger partial charge in [-0.25, -0.2) is 4.39 Å². The molecular weight excluding hydrogens is 307 g/mol. The van der Waals surface area contributed by atoms with E-state index in [-0.39, 0.29) is 17.8 Å². The third kappa shape index (κ3) is 2.16. The maximum absolute atomic E-state index is 14.4. The number of anilines is 1. The Morgan fingerprint density at radius 3 is 2.71 bits per heavy atom. The van der Waals surface area contributed by atoms with E-state index in [1.165, 1.54) is 12.5 Å².